The van der Waals surface area contributed by atoms with E-state index in [2.05, 4.69) is 6.92 Å². The summed E-state index contributed by atoms with van der Waals surface area (Å²) in [6.07, 6.45) is 3.06. The van der Waals surface area contributed by atoms with Crippen LogP contribution in [0.2, 0.25) is 0 Å². The number of carbonyl (C=O) groups excluding carboxylic acids is 1. The van der Waals surface area contributed by atoms with Crippen molar-refractivity contribution in [2.75, 3.05) is 0 Å². The first-order valence-electron chi connectivity index (χ1n) is 4.81. The minimum atomic E-state index is -0.234. The molecule has 0 aromatic carbocycles. The van der Waals surface area contributed by atoms with E-state index in [1.165, 1.54) is 0 Å². The van der Waals surface area contributed by atoms with E-state index in [0.717, 1.165) is 19.3 Å². The normalized spacial score (nSPS) is 24.7. The highest BCUT2D eigenvalue weighted by Crippen LogP contribution is 2.46. The lowest BCUT2D eigenvalue weighted by atomic mass is 9.88. The Kier molecular flexibility index (Phi) is 2.57. The third kappa shape index (κ3) is 1.69. The molecule has 2 heteroatoms. The molecule has 1 aliphatic rings. The van der Waals surface area contributed by atoms with Crippen LogP contribution < -0.4 is 5.73 Å². The number of Topliss-reactive ketones (excluding diaryl/α,β-unsaturated/α-hetero) is 1. The van der Waals surface area contributed by atoms with Gasteiger partial charge in [-0.3, -0.25) is 4.79 Å². The number of carbonyl (C=O) groups is 1. The summed E-state index contributed by atoms with van der Waals surface area (Å²) in [5, 5.41) is 0. The van der Waals surface area contributed by atoms with Crippen LogP contribution in [0.25, 0.3) is 0 Å². The molecule has 1 saturated carbocycles. The highest BCUT2D eigenvalue weighted by atomic mass is 16.1. The fraction of sp³-hybridized carbons (Fsp3) is 0.900. The molecule has 0 aromatic heterocycles. The summed E-state index contributed by atoms with van der Waals surface area (Å²) in [5.41, 5.74) is 5.80. The zero-order chi connectivity index (χ0) is 9.35. The highest BCUT2D eigenvalue weighted by Gasteiger charge is 2.47. The van der Waals surface area contributed by atoms with Crippen LogP contribution in [0.15, 0.2) is 0 Å². The molecule has 12 heavy (non-hydrogen) atoms. The Morgan fingerprint density at radius 3 is 2.42 bits per heavy atom. The van der Waals surface area contributed by atoms with Crippen molar-refractivity contribution < 1.29 is 4.79 Å². The molecular weight excluding hydrogens is 150 g/mol. The van der Waals surface area contributed by atoms with Crippen LogP contribution in [0.5, 0.6) is 0 Å². The van der Waals surface area contributed by atoms with E-state index in [0.29, 0.717) is 5.92 Å². The molecule has 2 N–H and O–H groups in total. The molecule has 70 valence electrons. The average Bonchev–Trinajstić information content (AvgIpc) is 2.81. The van der Waals surface area contributed by atoms with Gasteiger partial charge in [-0.25, -0.2) is 0 Å². The Balaban J connectivity index is 2.52. The largest absolute Gasteiger partial charge is 0.321 e. The minimum Gasteiger partial charge on any atom is -0.321 e. The second kappa shape index (κ2) is 3.17. The van der Waals surface area contributed by atoms with E-state index in [4.69, 9.17) is 5.73 Å². The number of ketones is 1. The first kappa shape index (κ1) is 9.72. The van der Waals surface area contributed by atoms with Gasteiger partial charge in [-0.1, -0.05) is 27.2 Å². The van der Waals surface area contributed by atoms with Crippen molar-refractivity contribution in [3.05, 3.63) is 0 Å². The van der Waals surface area contributed by atoms with Gasteiger partial charge >= 0.3 is 0 Å². The van der Waals surface area contributed by atoms with Gasteiger partial charge < -0.3 is 5.73 Å². The minimum absolute atomic E-state index is 0.0527. The fourth-order valence-electron chi connectivity index (χ4n) is 1.35. The highest BCUT2D eigenvalue weighted by molar-refractivity contribution is 5.91. The smallest absolute Gasteiger partial charge is 0.155 e. The van der Waals surface area contributed by atoms with Crippen LogP contribution in [0, 0.1) is 11.3 Å². The molecule has 0 aliphatic heterocycles. The average molecular weight is 169 g/mol. The number of hydrogen-bond donors (Lipinski definition) is 1. The maximum atomic E-state index is 11.7. The molecule has 2 atom stereocenters. The number of rotatable bonds is 4. The Labute approximate surface area is 74.5 Å². The number of hydrogen-bond acceptors (Lipinski definition) is 2. The summed E-state index contributed by atoms with van der Waals surface area (Å²) < 4.78 is 0. The first-order chi connectivity index (χ1) is 5.51. The SMILES string of the molecule is CCC(C)[C@H](N)C(=O)C1(C)CC1. The van der Waals surface area contributed by atoms with Crippen molar-refractivity contribution in [2.24, 2.45) is 17.1 Å². The number of nitrogens with two attached hydrogens (primary N) is 1. The third-order valence-electron chi connectivity index (χ3n) is 3.15. The zero-order valence-corrected chi connectivity index (χ0v) is 8.26. The van der Waals surface area contributed by atoms with Crippen molar-refractivity contribution in [2.45, 2.75) is 46.1 Å². The molecule has 0 radical (unpaired) electrons. The molecule has 0 saturated heterocycles. The van der Waals surface area contributed by atoms with Gasteiger partial charge in [0.2, 0.25) is 0 Å². The Bertz CT molecular complexity index is 184. The summed E-state index contributed by atoms with van der Waals surface area (Å²) >= 11 is 0. The third-order valence-corrected chi connectivity index (χ3v) is 3.15. The van der Waals surface area contributed by atoms with Crippen molar-refractivity contribution in [1.82, 2.24) is 0 Å². The van der Waals surface area contributed by atoms with E-state index >= 15 is 0 Å². The van der Waals surface area contributed by atoms with Gasteiger partial charge in [0.1, 0.15) is 0 Å². The van der Waals surface area contributed by atoms with E-state index in [1.54, 1.807) is 0 Å². The lowest BCUT2D eigenvalue weighted by Gasteiger charge is -2.20. The van der Waals surface area contributed by atoms with Gasteiger partial charge in [-0.05, 0) is 18.8 Å². The van der Waals surface area contributed by atoms with Gasteiger partial charge in [-0.2, -0.15) is 0 Å². The Morgan fingerprint density at radius 2 is 2.08 bits per heavy atom. The molecular formula is C10H19NO. The van der Waals surface area contributed by atoms with Crippen LogP contribution in [-0.4, -0.2) is 11.8 Å². The van der Waals surface area contributed by atoms with Crippen LogP contribution in [0.1, 0.15) is 40.0 Å². The van der Waals surface area contributed by atoms with E-state index in [-0.39, 0.29) is 17.2 Å². The first-order valence-corrected chi connectivity index (χ1v) is 4.81. The second-order valence-electron chi connectivity index (χ2n) is 4.34. The van der Waals surface area contributed by atoms with Crippen LogP contribution in [-0.2, 0) is 4.79 Å². The summed E-state index contributed by atoms with van der Waals surface area (Å²) in [6.45, 7) is 6.15. The van der Waals surface area contributed by atoms with Crippen molar-refractivity contribution in [1.29, 1.82) is 0 Å². The molecule has 0 aromatic rings. The summed E-state index contributed by atoms with van der Waals surface area (Å²) in [5.74, 6) is 0.603. The molecule has 0 spiro atoms. The molecule has 0 bridgehead atoms. The standard InChI is InChI=1S/C10H19NO/c1-4-7(2)8(11)9(12)10(3)5-6-10/h7-8H,4-6,11H2,1-3H3/t7?,8-/m0/s1. The Morgan fingerprint density at radius 1 is 1.58 bits per heavy atom. The molecule has 0 heterocycles. The molecule has 1 aliphatic carbocycles. The second-order valence-corrected chi connectivity index (χ2v) is 4.34. The summed E-state index contributed by atoms with van der Waals surface area (Å²) in [4.78, 5) is 11.7. The quantitative estimate of drug-likeness (QED) is 0.696. The van der Waals surface area contributed by atoms with E-state index in [1.807, 2.05) is 13.8 Å². The maximum Gasteiger partial charge on any atom is 0.155 e. The van der Waals surface area contributed by atoms with Crippen molar-refractivity contribution in [3.8, 4) is 0 Å². The fourth-order valence-corrected chi connectivity index (χ4v) is 1.35. The lowest BCUT2D eigenvalue weighted by molar-refractivity contribution is -0.125. The zero-order valence-electron chi connectivity index (χ0n) is 8.26. The van der Waals surface area contributed by atoms with Crippen LogP contribution in [0.3, 0.4) is 0 Å². The van der Waals surface area contributed by atoms with Gasteiger partial charge in [-0.15, -0.1) is 0 Å². The summed E-state index contributed by atoms with van der Waals surface area (Å²) in [6, 6.07) is -0.234. The van der Waals surface area contributed by atoms with Crippen molar-refractivity contribution in [3.63, 3.8) is 0 Å². The van der Waals surface area contributed by atoms with Crippen LogP contribution >= 0.6 is 0 Å². The molecule has 2 nitrogen and oxygen atoms in total. The predicted octanol–water partition coefficient (Wildman–Crippen LogP) is 1.73. The lowest BCUT2D eigenvalue weighted by Crippen LogP contribution is -2.40. The summed E-state index contributed by atoms with van der Waals surface area (Å²) in [7, 11) is 0. The topological polar surface area (TPSA) is 43.1 Å². The molecule has 1 fully saturated rings. The molecule has 1 rings (SSSR count). The molecule has 0 amide bonds. The van der Waals surface area contributed by atoms with E-state index in [9.17, 15) is 4.79 Å². The molecule has 1 unspecified atom stereocenters. The maximum absolute atomic E-state index is 11.7. The van der Waals surface area contributed by atoms with E-state index < -0.39 is 0 Å². The van der Waals surface area contributed by atoms with Gasteiger partial charge in [0.15, 0.2) is 5.78 Å². The van der Waals surface area contributed by atoms with Gasteiger partial charge in [0.25, 0.3) is 0 Å². The van der Waals surface area contributed by atoms with Crippen molar-refractivity contribution >= 4 is 5.78 Å². The van der Waals surface area contributed by atoms with Gasteiger partial charge in [0.05, 0.1) is 6.04 Å². The van der Waals surface area contributed by atoms with Crippen LogP contribution in [0.4, 0.5) is 0 Å². The monoisotopic (exact) mass is 169 g/mol. The van der Waals surface area contributed by atoms with Gasteiger partial charge in [0, 0.05) is 5.41 Å². The predicted molar refractivity (Wildman–Crippen MR) is 49.8 cm³/mol. The Hall–Kier alpha value is -0.370.